The highest BCUT2D eigenvalue weighted by Crippen LogP contribution is 2.07. The van der Waals surface area contributed by atoms with Gasteiger partial charge in [-0.3, -0.25) is 4.90 Å². The minimum atomic E-state index is 0.806. The molecule has 1 rings (SSSR count). The number of hydrogen-bond donors (Lipinski definition) is 0. The van der Waals surface area contributed by atoms with Crippen LogP contribution in [0.4, 0.5) is 0 Å². The monoisotopic (exact) mass is 264 g/mol. The summed E-state index contributed by atoms with van der Waals surface area (Å²) in [6.07, 6.45) is 0. The van der Waals surface area contributed by atoms with Crippen molar-refractivity contribution in [3.63, 3.8) is 0 Å². The SMILES string of the molecule is CCN(CCN(C)CCOC)Cc1cccc(C)c1. The standard InChI is InChI=1S/C16H28N2O/c1-5-18(10-9-17(3)11-12-19-4)14-16-8-6-7-15(2)13-16/h6-8,13H,5,9-12,14H2,1-4H3. The molecule has 0 fully saturated rings. The highest BCUT2D eigenvalue weighted by Gasteiger charge is 2.05. The van der Waals surface area contributed by atoms with Crippen molar-refractivity contribution in [2.45, 2.75) is 20.4 Å². The van der Waals surface area contributed by atoms with Crippen LogP contribution in [0.1, 0.15) is 18.1 Å². The van der Waals surface area contributed by atoms with Crippen molar-refractivity contribution >= 4 is 0 Å². The van der Waals surface area contributed by atoms with Crippen LogP contribution < -0.4 is 0 Å². The highest BCUT2D eigenvalue weighted by molar-refractivity contribution is 5.22. The van der Waals surface area contributed by atoms with Gasteiger partial charge in [-0.15, -0.1) is 0 Å². The van der Waals surface area contributed by atoms with Gasteiger partial charge in [0.15, 0.2) is 0 Å². The predicted molar refractivity (Wildman–Crippen MR) is 81.5 cm³/mol. The van der Waals surface area contributed by atoms with Crippen molar-refractivity contribution in [2.75, 3.05) is 46.9 Å². The number of ether oxygens (including phenoxy) is 1. The predicted octanol–water partition coefficient (Wildman–Crippen LogP) is 2.40. The van der Waals surface area contributed by atoms with Gasteiger partial charge in [0.25, 0.3) is 0 Å². The van der Waals surface area contributed by atoms with Gasteiger partial charge >= 0.3 is 0 Å². The average molecular weight is 264 g/mol. The summed E-state index contributed by atoms with van der Waals surface area (Å²) < 4.78 is 5.10. The molecule has 1 aromatic carbocycles. The number of aryl methyl sites for hydroxylation is 1. The Bertz CT molecular complexity index is 354. The summed E-state index contributed by atoms with van der Waals surface area (Å²) in [4.78, 5) is 4.81. The Morgan fingerprint density at radius 1 is 1.16 bits per heavy atom. The third-order valence-corrected chi connectivity index (χ3v) is 3.41. The van der Waals surface area contributed by atoms with Crippen molar-refractivity contribution in [1.82, 2.24) is 9.80 Å². The number of nitrogens with zero attached hydrogens (tertiary/aromatic N) is 2. The Balaban J connectivity index is 2.37. The molecule has 0 atom stereocenters. The first-order chi connectivity index (χ1) is 9.15. The molecule has 0 aliphatic rings. The number of hydrogen-bond acceptors (Lipinski definition) is 3. The molecule has 3 nitrogen and oxygen atoms in total. The quantitative estimate of drug-likeness (QED) is 0.681. The molecule has 3 heteroatoms. The van der Waals surface area contributed by atoms with Gasteiger partial charge in [-0.05, 0) is 26.1 Å². The van der Waals surface area contributed by atoms with Crippen LogP contribution in [0.3, 0.4) is 0 Å². The Kier molecular flexibility index (Phi) is 7.72. The summed E-state index contributed by atoms with van der Waals surface area (Å²) in [5.41, 5.74) is 2.74. The van der Waals surface area contributed by atoms with E-state index in [-0.39, 0.29) is 0 Å². The molecule has 19 heavy (non-hydrogen) atoms. The Labute approximate surface area is 118 Å². The van der Waals surface area contributed by atoms with Gasteiger partial charge in [-0.25, -0.2) is 0 Å². The first kappa shape index (κ1) is 16.2. The highest BCUT2D eigenvalue weighted by atomic mass is 16.5. The maximum atomic E-state index is 5.10. The van der Waals surface area contributed by atoms with E-state index in [1.54, 1.807) is 7.11 Å². The minimum Gasteiger partial charge on any atom is -0.383 e. The molecule has 0 saturated heterocycles. The molecule has 0 aromatic heterocycles. The molecule has 0 radical (unpaired) electrons. The topological polar surface area (TPSA) is 15.7 Å². The molecule has 108 valence electrons. The summed E-state index contributed by atoms with van der Waals surface area (Å²) in [6.45, 7) is 10.5. The molecule has 0 saturated carbocycles. The van der Waals surface area contributed by atoms with Crippen molar-refractivity contribution in [3.05, 3.63) is 35.4 Å². The summed E-state index contributed by atoms with van der Waals surface area (Å²) in [5.74, 6) is 0. The minimum absolute atomic E-state index is 0.806. The largest absolute Gasteiger partial charge is 0.383 e. The van der Waals surface area contributed by atoms with Crippen molar-refractivity contribution < 1.29 is 4.74 Å². The Morgan fingerprint density at radius 2 is 1.95 bits per heavy atom. The summed E-state index contributed by atoms with van der Waals surface area (Å²) in [7, 11) is 3.91. The fourth-order valence-corrected chi connectivity index (χ4v) is 2.09. The molecule has 0 N–H and O–H groups in total. The van der Waals surface area contributed by atoms with Crippen molar-refractivity contribution in [3.8, 4) is 0 Å². The van der Waals surface area contributed by atoms with Crippen LogP contribution in [-0.2, 0) is 11.3 Å². The van der Waals surface area contributed by atoms with E-state index in [4.69, 9.17) is 4.74 Å². The zero-order chi connectivity index (χ0) is 14.1. The van der Waals surface area contributed by atoms with Gasteiger partial charge < -0.3 is 9.64 Å². The van der Waals surface area contributed by atoms with E-state index in [1.165, 1.54) is 11.1 Å². The first-order valence-electron chi connectivity index (χ1n) is 7.11. The number of benzene rings is 1. The van der Waals surface area contributed by atoms with Gasteiger partial charge in [0, 0.05) is 33.3 Å². The van der Waals surface area contributed by atoms with E-state index in [0.717, 1.165) is 39.3 Å². The lowest BCUT2D eigenvalue weighted by Gasteiger charge is -2.24. The lowest BCUT2D eigenvalue weighted by molar-refractivity contribution is 0.150. The van der Waals surface area contributed by atoms with Crippen LogP contribution in [0.25, 0.3) is 0 Å². The summed E-state index contributed by atoms with van der Waals surface area (Å²) in [6, 6.07) is 8.78. The van der Waals surface area contributed by atoms with Crippen LogP contribution in [-0.4, -0.2) is 56.7 Å². The molecular weight excluding hydrogens is 236 g/mol. The van der Waals surface area contributed by atoms with Gasteiger partial charge in [0.05, 0.1) is 6.61 Å². The van der Waals surface area contributed by atoms with Crippen LogP contribution in [0, 0.1) is 6.92 Å². The van der Waals surface area contributed by atoms with Crippen molar-refractivity contribution in [1.29, 1.82) is 0 Å². The lowest BCUT2D eigenvalue weighted by Crippen LogP contribution is -2.34. The number of rotatable bonds is 9. The van der Waals surface area contributed by atoms with E-state index < -0.39 is 0 Å². The Hall–Kier alpha value is -0.900. The van der Waals surface area contributed by atoms with E-state index in [0.29, 0.717) is 0 Å². The fraction of sp³-hybridized carbons (Fsp3) is 0.625. The van der Waals surface area contributed by atoms with Crippen molar-refractivity contribution in [2.24, 2.45) is 0 Å². The molecule has 0 heterocycles. The summed E-state index contributed by atoms with van der Waals surface area (Å²) >= 11 is 0. The van der Waals surface area contributed by atoms with E-state index >= 15 is 0 Å². The normalized spacial score (nSPS) is 11.5. The molecule has 0 aliphatic carbocycles. The van der Waals surface area contributed by atoms with E-state index in [1.807, 2.05) is 0 Å². The molecule has 0 spiro atoms. The molecular formula is C16H28N2O. The van der Waals surface area contributed by atoms with Crippen LogP contribution in [0.15, 0.2) is 24.3 Å². The third-order valence-electron chi connectivity index (χ3n) is 3.41. The van der Waals surface area contributed by atoms with E-state index in [9.17, 15) is 0 Å². The zero-order valence-electron chi connectivity index (χ0n) is 12.9. The molecule has 0 unspecified atom stereocenters. The number of likely N-dealkylation sites (N-methyl/N-ethyl adjacent to an activating group) is 2. The molecule has 0 bridgehead atoms. The molecule has 0 amide bonds. The number of methoxy groups -OCH3 is 1. The van der Waals surface area contributed by atoms with Gasteiger partial charge in [0.1, 0.15) is 0 Å². The molecule has 0 aliphatic heterocycles. The second kappa shape index (κ2) is 9.08. The maximum absolute atomic E-state index is 5.10. The second-order valence-electron chi connectivity index (χ2n) is 5.15. The lowest BCUT2D eigenvalue weighted by atomic mass is 10.1. The van der Waals surface area contributed by atoms with Gasteiger partial charge in [-0.2, -0.15) is 0 Å². The van der Waals surface area contributed by atoms with Gasteiger partial charge in [-0.1, -0.05) is 36.8 Å². The molecule has 1 aromatic rings. The van der Waals surface area contributed by atoms with Crippen LogP contribution >= 0.6 is 0 Å². The smallest absolute Gasteiger partial charge is 0.0589 e. The second-order valence-corrected chi connectivity index (χ2v) is 5.15. The first-order valence-corrected chi connectivity index (χ1v) is 7.11. The fourth-order valence-electron chi connectivity index (χ4n) is 2.09. The van der Waals surface area contributed by atoms with Crippen LogP contribution in [0.5, 0.6) is 0 Å². The van der Waals surface area contributed by atoms with Gasteiger partial charge in [0.2, 0.25) is 0 Å². The van der Waals surface area contributed by atoms with E-state index in [2.05, 4.69) is 55.0 Å². The maximum Gasteiger partial charge on any atom is 0.0589 e. The zero-order valence-corrected chi connectivity index (χ0v) is 12.9. The third kappa shape index (κ3) is 6.71. The average Bonchev–Trinajstić information content (AvgIpc) is 2.41. The summed E-state index contributed by atoms with van der Waals surface area (Å²) in [5, 5.41) is 0. The van der Waals surface area contributed by atoms with Crippen LogP contribution in [0.2, 0.25) is 0 Å². The Morgan fingerprint density at radius 3 is 2.58 bits per heavy atom.